The lowest BCUT2D eigenvalue weighted by Crippen LogP contribution is -2.47. The number of aliphatic hydroxyl groups excluding tert-OH is 1. The van der Waals surface area contributed by atoms with E-state index in [9.17, 15) is 0 Å². The minimum Gasteiger partial charge on any atom is -0.396 e. The summed E-state index contributed by atoms with van der Waals surface area (Å²) in [5.41, 5.74) is 0.945. The lowest BCUT2D eigenvalue weighted by Gasteiger charge is -2.29. The van der Waals surface area contributed by atoms with E-state index in [2.05, 4.69) is 12.2 Å². The van der Waals surface area contributed by atoms with E-state index in [4.69, 9.17) is 21.4 Å². The van der Waals surface area contributed by atoms with Crippen LogP contribution in [0.4, 0.5) is 0 Å². The van der Waals surface area contributed by atoms with E-state index < -0.39 is 0 Å². The average Bonchev–Trinajstić information content (AvgIpc) is 2.32. The smallest absolute Gasteiger partial charge is 0.0642 e. The molecule has 0 aromatic heterocycles. The molecule has 102 valence electrons. The van der Waals surface area contributed by atoms with Gasteiger partial charge in [-0.05, 0) is 37.9 Å². The fourth-order valence-electron chi connectivity index (χ4n) is 1.98. The first-order chi connectivity index (χ1) is 8.61. The van der Waals surface area contributed by atoms with Gasteiger partial charge in [-0.15, -0.1) is 0 Å². The molecule has 0 amide bonds. The Morgan fingerprint density at radius 2 is 2.11 bits per heavy atom. The van der Waals surface area contributed by atoms with Gasteiger partial charge in [-0.2, -0.15) is 0 Å². The number of benzene rings is 1. The van der Waals surface area contributed by atoms with Crippen LogP contribution in [0.3, 0.4) is 0 Å². The zero-order chi connectivity index (χ0) is 13.4. The summed E-state index contributed by atoms with van der Waals surface area (Å²) >= 11 is 6.10. The van der Waals surface area contributed by atoms with Crippen molar-refractivity contribution in [3.8, 4) is 0 Å². The molecular weight excluding hydrogens is 250 g/mol. The normalized spacial score (nSPS) is 14.4. The van der Waals surface area contributed by atoms with Crippen molar-refractivity contribution in [3.05, 3.63) is 34.9 Å². The van der Waals surface area contributed by atoms with Gasteiger partial charge in [0, 0.05) is 24.3 Å². The molecule has 0 aliphatic carbocycles. The first kappa shape index (κ1) is 15.4. The molecule has 0 fully saturated rings. The first-order valence-corrected chi connectivity index (χ1v) is 6.57. The second-order valence-corrected chi connectivity index (χ2v) is 5.14. The van der Waals surface area contributed by atoms with E-state index in [1.807, 2.05) is 24.3 Å². The highest BCUT2D eigenvalue weighted by Crippen LogP contribution is 2.16. The van der Waals surface area contributed by atoms with Gasteiger partial charge in [-0.25, -0.2) is 0 Å². The van der Waals surface area contributed by atoms with Crippen molar-refractivity contribution >= 4 is 11.6 Å². The quantitative estimate of drug-likeness (QED) is 0.762. The van der Waals surface area contributed by atoms with Crippen molar-refractivity contribution in [3.63, 3.8) is 0 Å². The Labute approximate surface area is 114 Å². The van der Waals surface area contributed by atoms with Gasteiger partial charge >= 0.3 is 0 Å². The van der Waals surface area contributed by atoms with Gasteiger partial charge in [-0.3, -0.25) is 0 Å². The van der Waals surface area contributed by atoms with E-state index in [1.165, 1.54) is 0 Å². The van der Waals surface area contributed by atoms with Gasteiger partial charge in [-0.1, -0.05) is 29.8 Å². The van der Waals surface area contributed by atoms with Crippen LogP contribution in [0, 0.1) is 0 Å². The zero-order valence-electron chi connectivity index (χ0n) is 11.1. The molecule has 0 spiro atoms. The summed E-state index contributed by atoms with van der Waals surface area (Å²) in [7, 11) is 1.67. The Balaban J connectivity index is 2.46. The minimum absolute atomic E-state index is 0.152. The second kappa shape index (κ2) is 7.74. The molecule has 0 bridgehead atoms. The summed E-state index contributed by atoms with van der Waals surface area (Å²) in [6.07, 6.45) is 1.54. The van der Waals surface area contributed by atoms with Crippen molar-refractivity contribution in [2.75, 3.05) is 26.9 Å². The summed E-state index contributed by atoms with van der Waals surface area (Å²) in [5, 5.41) is 13.3. The minimum atomic E-state index is -0.190. The predicted octanol–water partition coefficient (Wildman–Crippen LogP) is 2.26. The zero-order valence-corrected chi connectivity index (χ0v) is 11.8. The fourth-order valence-corrected chi connectivity index (χ4v) is 2.21. The van der Waals surface area contributed by atoms with E-state index >= 15 is 0 Å². The first-order valence-electron chi connectivity index (χ1n) is 6.19. The van der Waals surface area contributed by atoms with Gasteiger partial charge in [0.1, 0.15) is 0 Å². The number of hydrogen-bond acceptors (Lipinski definition) is 3. The third-order valence-electron chi connectivity index (χ3n) is 3.03. The Kier molecular flexibility index (Phi) is 6.65. The molecule has 18 heavy (non-hydrogen) atoms. The molecular formula is C14H22ClNO2. The van der Waals surface area contributed by atoms with Crippen molar-refractivity contribution in [1.82, 2.24) is 5.32 Å². The summed E-state index contributed by atoms with van der Waals surface area (Å²) < 4.78 is 5.19. The maximum atomic E-state index is 9.07. The Bertz CT molecular complexity index is 351. The van der Waals surface area contributed by atoms with Crippen LogP contribution in [-0.4, -0.2) is 37.5 Å². The monoisotopic (exact) mass is 271 g/mol. The Morgan fingerprint density at radius 3 is 2.72 bits per heavy atom. The fraction of sp³-hybridized carbons (Fsp3) is 0.571. The standard InChI is InChI=1S/C14H22ClNO2/c1-14(8-10-17,11-18-2)16-9-7-12-5-3-4-6-13(12)15/h3-6,16-17H,7-11H2,1-2H3. The number of rotatable bonds is 8. The highest BCUT2D eigenvalue weighted by atomic mass is 35.5. The van der Waals surface area contributed by atoms with E-state index in [1.54, 1.807) is 7.11 Å². The SMILES string of the molecule is COCC(C)(CCO)NCCc1ccccc1Cl. The van der Waals surface area contributed by atoms with E-state index in [-0.39, 0.29) is 12.1 Å². The van der Waals surface area contributed by atoms with E-state index in [0.29, 0.717) is 13.0 Å². The molecule has 0 saturated heterocycles. The number of aliphatic hydroxyl groups is 1. The highest BCUT2D eigenvalue weighted by Gasteiger charge is 2.22. The van der Waals surface area contributed by atoms with Crippen molar-refractivity contribution < 1.29 is 9.84 Å². The summed E-state index contributed by atoms with van der Waals surface area (Å²) in [6, 6.07) is 7.85. The summed E-state index contributed by atoms with van der Waals surface area (Å²) in [5.74, 6) is 0. The molecule has 0 aliphatic heterocycles. The molecule has 4 heteroatoms. The van der Waals surface area contributed by atoms with E-state index in [0.717, 1.165) is 23.6 Å². The largest absolute Gasteiger partial charge is 0.396 e. The molecule has 2 N–H and O–H groups in total. The number of methoxy groups -OCH3 is 1. The molecule has 1 unspecified atom stereocenters. The van der Waals surface area contributed by atoms with Crippen LogP contribution in [0.25, 0.3) is 0 Å². The molecule has 0 heterocycles. The third-order valence-corrected chi connectivity index (χ3v) is 3.40. The van der Waals surface area contributed by atoms with Crippen LogP contribution in [0.1, 0.15) is 18.9 Å². The van der Waals surface area contributed by atoms with Gasteiger partial charge < -0.3 is 15.2 Å². The molecule has 0 saturated carbocycles. The summed E-state index contributed by atoms with van der Waals surface area (Å²) in [6.45, 7) is 3.60. The number of ether oxygens (including phenoxy) is 1. The third kappa shape index (κ3) is 4.94. The van der Waals surface area contributed by atoms with Crippen molar-refractivity contribution in [2.45, 2.75) is 25.3 Å². The maximum Gasteiger partial charge on any atom is 0.0642 e. The van der Waals surface area contributed by atoms with Crippen LogP contribution in [0.5, 0.6) is 0 Å². The lowest BCUT2D eigenvalue weighted by atomic mass is 9.99. The van der Waals surface area contributed by atoms with Gasteiger partial charge in [0.15, 0.2) is 0 Å². The maximum absolute atomic E-state index is 9.07. The predicted molar refractivity (Wildman–Crippen MR) is 75.1 cm³/mol. The summed E-state index contributed by atoms with van der Waals surface area (Å²) in [4.78, 5) is 0. The van der Waals surface area contributed by atoms with Gasteiger partial charge in [0.2, 0.25) is 0 Å². The van der Waals surface area contributed by atoms with Crippen LogP contribution in [-0.2, 0) is 11.2 Å². The average molecular weight is 272 g/mol. The Morgan fingerprint density at radius 1 is 1.39 bits per heavy atom. The number of hydrogen-bond donors (Lipinski definition) is 2. The second-order valence-electron chi connectivity index (χ2n) is 4.74. The van der Waals surface area contributed by atoms with Crippen LogP contribution in [0.15, 0.2) is 24.3 Å². The number of halogens is 1. The van der Waals surface area contributed by atoms with Crippen LogP contribution >= 0.6 is 11.6 Å². The van der Waals surface area contributed by atoms with Crippen LogP contribution < -0.4 is 5.32 Å². The molecule has 1 aromatic rings. The van der Waals surface area contributed by atoms with Gasteiger partial charge in [0.25, 0.3) is 0 Å². The van der Waals surface area contributed by atoms with Crippen molar-refractivity contribution in [1.29, 1.82) is 0 Å². The van der Waals surface area contributed by atoms with Crippen molar-refractivity contribution in [2.24, 2.45) is 0 Å². The molecule has 0 radical (unpaired) electrons. The number of nitrogens with one attached hydrogen (secondary N) is 1. The van der Waals surface area contributed by atoms with Crippen LogP contribution in [0.2, 0.25) is 5.02 Å². The molecule has 1 atom stereocenters. The Hall–Kier alpha value is -0.610. The topological polar surface area (TPSA) is 41.5 Å². The lowest BCUT2D eigenvalue weighted by molar-refractivity contribution is 0.0985. The highest BCUT2D eigenvalue weighted by molar-refractivity contribution is 6.31. The molecule has 1 aromatic carbocycles. The molecule has 0 aliphatic rings. The van der Waals surface area contributed by atoms with Gasteiger partial charge in [0.05, 0.1) is 6.61 Å². The molecule has 3 nitrogen and oxygen atoms in total. The molecule has 1 rings (SSSR count).